The summed E-state index contributed by atoms with van der Waals surface area (Å²) in [5.41, 5.74) is 0. The Morgan fingerprint density at radius 1 is 1.47 bits per heavy atom. The topological polar surface area (TPSA) is 86.5 Å². The van der Waals surface area contributed by atoms with Gasteiger partial charge in [0.15, 0.2) is 14.7 Å². The van der Waals surface area contributed by atoms with Crippen LogP contribution in [-0.2, 0) is 11.3 Å². The van der Waals surface area contributed by atoms with Crippen molar-refractivity contribution in [3.8, 4) is 10.8 Å². The van der Waals surface area contributed by atoms with Crippen molar-refractivity contribution in [3.05, 3.63) is 3.92 Å². The number of carbonyl (C=O) groups is 1. The fourth-order valence-electron chi connectivity index (χ4n) is 0.891. The van der Waals surface area contributed by atoms with E-state index >= 15 is 0 Å². The maximum Gasteiger partial charge on any atom is 0.235 e. The molecular weight excluding hydrogens is 284 g/mol. The van der Waals surface area contributed by atoms with Gasteiger partial charge in [-0.2, -0.15) is 4.80 Å². The zero-order chi connectivity index (χ0) is 10.8. The van der Waals surface area contributed by atoms with Gasteiger partial charge in [-0.25, -0.2) is 0 Å². The summed E-state index contributed by atoms with van der Waals surface area (Å²) in [5.74, 6) is 0.344. The SMILES string of the molecule is CC(=O)Cn1nnc(-c2nnc(Br)s2)n1. The molecule has 2 aromatic rings. The molecule has 0 saturated heterocycles. The quantitative estimate of drug-likeness (QED) is 0.819. The molecule has 0 spiro atoms. The third kappa shape index (κ3) is 2.42. The molecule has 78 valence electrons. The molecular formula is C6H5BrN6OS. The molecule has 0 radical (unpaired) electrons. The van der Waals surface area contributed by atoms with E-state index in [-0.39, 0.29) is 12.3 Å². The van der Waals surface area contributed by atoms with Crippen LogP contribution < -0.4 is 0 Å². The highest BCUT2D eigenvalue weighted by molar-refractivity contribution is 9.11. The molecule has 0 unspecified atom stereocenters. The van der Waals surface area contributed by atoms with Crippen LogP contribution in [0.15, 0.2) is 3.92 Å². The van der Waals surface area contributed by atoms with Crippen LogP contribution in [0, 0.1) is 0 Å². The monoisotopic (exact) mass is 288 g/mol. The number of Topliss-reactive ketones (excluding diaryl/α,β-unsaturated/α-hetero) is 1. The molecule has 2 heterocycles. The van der Waals surface area contributed by atoms with Gasteiger partial charge in [0.25, 0.3) is 0 Å². The standard InChI is InChI=1S/C6H5BrN6OS/c1-3(14)2-13-11-4(8-12-13)5-9-10-6(7)15-5/h2H2,1H3. The summed E-state index contributed by atoms with van der Waals surface area (Å²) in [5, 5.41) is 19.7. The molecule has 9 heteroatoms. The van der Waals surface area contributed by atoms with Crippen LogP contribution in [0.25, 0.3) is 10.8 Å². The van der Waals surface area contributed by atoms with Gasteiger partial charge in [0, 0.05) is 0 Å². The molecule has 2 aromatic heterocycles. The number of rotatable bonds is 3. The number of nitrogens with zero attached hydrogens (tertiary/aromatic N) is 6. The van der Waals surface area contributed by atoms with Crippen molar-refractivity contribution in [3.63, 3.8) is 0 Å². The Morgan fingerprint density at radius 2 is 2.27 bits per heavy atom. The van der Waals surface area contributed by atoms with E-state index < -0.39 is 0 Å². The molecule has 0 saturated carbocycles. The molecule has 0 fully saturated rings. The van der Waals surface area contributed by atoms with Crippen LogP contribution in [0.4, 0.5) is 0 Å². The zero-order valence-corrected chi connectivity index (χ0v) is 9.99. The van der Waals surface area contributed by atoms with Gasteiger partial charge in [0.05, 0.1) is 0 Å². The maximum atomic E-state index is 10.8. The normalized spacial score (nSPS) is 10.5. The van der Waals surface area contributed by atoms with E-state index in [4.69, 9.17) is 0 Å². The van der Waals surface area contributed by atoms with Gasteiger partial charge < -0.3 is 0 Å². The van der Waals surface area contributed by atoms with Crippen molar-refractivity contribution in [1.82, 2.24) is 30.4 Å². The Balaban J connectivity index is 2.23. The van der Waals surface area contributed by atoms with Crippen LogP contribution in [0.5, 0.6) is 0 Å². The molecule has 2 rings (SSSR count). The summed E-state index contributed by atoms with van der Waals surface area (Å²) in [6, 6.07) is 0. The summed E-state index contributed by atoms with van der Waals surface area (Å²) in [6.45, 7) is 1.58. The molecule has 0 aromatic carbocycles. The second kappa shape index (κ2) is 4.11. The highest BCUT2D eigenvalue weighted by Gasteiger charge is 2.11. The summed E-state index contributed by atoms with van der Waals surface area (Å²) in [7, 11) is 0. The van der Waals surface area contributed by atoms with Crippen LogP contribution in [0.2, 0.25) is 0 Å². The molecule has 0 N–H and O–H groups in total. The minimum absolute atomic E-state index is 0.0302. The van der Waals surface area contributed by atoms with Crippen LogP contribution in [0.3, 0.4) is 0 Å². The molecule has 0 bridgehead atoms. The van der Waals surface area contributed by atoms with E-state index in [0.717, 1.165) is 0 Å². The minimum atomic E-state index is -0.0302. The largest absolute Gasteiger partial charge is 0.298 e. The van der Waals surface area contributed by atoms with E-state index in [0.29, 0.717) is 14.7 Å². The van der Waals surface area contributed by atoms with E-state index in [1.54, 1.807) is 0 Å². The van der Waals surface area contributed by atoms with Gasteiger partial charge in [0.2, 0.25) is 5.82 Å². The molecule has 15 heavy (non-hydrogen) atoms. The van der Waals surface area contributed by atoms with Gasteiger partial charge >= 0.3 is 0 Å². The molecule has 0 aliphatic heterocycles. The van der Waals surface area contributed by atoms with Crippen LogP contribution in [-0.4, -0.2) is 36.2 Å². The first kappa shape index (κ1) is 10.3. The average molecular weight is 289 g/mol. The second-order valence-corrected chi connectivity index (χ2v) is 4.96. The Kier molecular flexibility index (Phi) is 2.82. The molecule has 0 atom stereocenters. The van der Waals surface area contributed by atoms with Crippen molar-refractivity contribution in [2.45, 2.75) is 13.5 Å². The third-order valence-corrected chi connectivity index (χ3v) is 2.76. The maximum absolute atomic E-state index is 10.8. The van der Waals surface area contributed by atoms with Crippen molar-refractivity contribution < 1.29 is 4.79 Å². The molecule has 0 amide bonds. The summed E-state index contributed by atoms with van der Waals surface area (Å²) in [4.78, 5) is 12.0. The number of halogens is 1. The van der Waals surface area contributed by atoms with Crippen molar-refractivity contribution in [1.29, 1.82) is 0 Å². The average Bonchev–Trinajstić information content (AvgIpc) is 2.72. The van der Waals surface area contributed by atoms with Gasteiger partial charge in [-0.15, -0.1) is 20.4 Å². The van der Waals surface area contributed by atoms with E-state index in [1.807, 2.05) is 0 Å². The van der Waals surface area contributed by atoms with Crippen LogP contribution >= 0.6 is 27.3 Å². The highest BCUT2D eigenvalue weighted by Crippen LogP contribution is 2.22. The number of hydrogen-bond donors (Lipinski definition) is 0. The van der Waals surface area contributed by atoms with E-state index in [9.17, 15) is 4.79 Å². The zero-order valence-electron chi connectivity index (χ0n) is 7.58. The summed E-state index contributed by atoms with van der Waals surface area (Å²) in [6.07, 6.45) is 0. The molecule has 0 aliphatic rings. The minimum Gasteiger partial charge on any atom is -0.298 e. The Morgan fingerprint density at radius 3 is 2.87 bits per heavy atom. The fraction of sp³-hybridized carbons (Fsp3) is 0.333. The number of aromatic nitrogens is 6. The number of hydrogen-bond acceptors (Lipinski definition) is 7. The number of carbonyl (C=O) groups excluding carboxylic acids is 1. The van der Waals surface area contributed by atoms with Crippen LogP contribution in [0.1, 0.15) is 6.92 Å². The van der Waals surface area contributed by atoms with Gasteiger partial charge in [-0.1, -0.05) is 11.3 Å². The Labute approximate surface area is 96.6 Å². The summed E-state index contributed by atoms with van der Waals surface area (Å²) < 4.78 is 0.653. The lowest BCUT2D eigenvalue weighted by atomic mass is 10.5. The third-order valence-electron chi connectivity index (χ3n) is 1.41. The Hall–Kier alpha value is -1.22. The van der Waals surface area contributed by atoms with Gasteiger partial charge in [-0.05, 0) is 28.1 Å². The first-order valence-corrected chi connectivity index (χ1v) is 5.53. The first-order chi connectivity index (χ1) is 7.15. The van der Waals surface area contributed by atoms with Crippen molar-refractivity contribution >= 4 is 33.0 Å². The predicted octanol–water partition coefficient (Wildman–Crippen LogP) is 0.543. The fourth-order valence-corrected chi connectivity index (χ4v) is 1.93. The second-order valence-electron chi connectivity index (χ2n) is 2.71. The first-order valence-electron chi connectivity index (χ1n) is 3.92. The van der Waals surface area contributed by atoms with Crippen molar-refractivity contribution in [2.75, 3.05) is 0 Å². The number of ketones is 1. The lowest BCUT2D eigenvalue weighted by Crippen LogP contribution is -2.09. The number of tetrazole rings is 1. The van der Waals surface area contributed by atoms with Gasteiger partial charge in [0.1, 0.15) is 6.54 Å². The van der Waals surface area contributed by atoms with Gasteiger partial charge in [-0.3, -0.25) is 4.79 Å². The smallest absolute Gasteiger partial charge is 0.235 e. The molecule has 7 nitrogen and oxygen atoms in total. The molecule has 0 aliphatic carbocycles. The van der Waals surface area contributed by atoms with E-state index in [1.165, 1.54) is 23.1 Å². The van der Waals surface area contributed by atoms with Crippen molar-refractivity contribution in [2.24, 2.45) is 0 Å². The Bertz CT molecular complexity index is 493. The lowest BCUT2D eigenvalue weighted by Gasteiger charge is -1.89. The summed E-state index contributed by atoms with van der Waals surface area (Å²) >= 11 is 4.49. The lowest BCUT2D eigenvalue weighted by molar-refractivity contribution is -0.117. The van der Waals surface area contributed by atoms with E-state index in [2.05, 4.69) is 41.5 Å². The predicted molar refractivity (Wildman–Crippen MR) is 55.1 cm³/mol. The highest BCUT2D eigenvalue weighted by atomic mass is 79.9.